The van der Waals surface area contributed by atoms with E-state index in [-0.39, 0.29) is 14.5 Å². The first-order valence-corrected chi connectivity index (χ1v) is 10.7. The zero-order valence-corrected chi connectivity index (χ0v) is 15.0. The molecule has 0 saturated heterocycles. The Morgan fingerprint density at radius 2 is 1.33 bits per heavy atom. The summed E-state index contributed by atoms with van der Waals surface area (Å²) in [5.74, 6) is 0. The van der Waals surface area contributed by atoms with Gasteiger partial charge in [-0.05, 0) is 0 Å². The molecule has 3 rings (SSSR count). The first kappa shape index (κ1) is 17.5. The van der Waals surface area contributed by atoms with Crippen LogP contribution >= 0.6 is 21.8 Å². The third-order valence-electron chi connectivity index (χ3n) is 3.19. The first-order chi connectivity index (χ1) is 10.9. The monoisotopic (exact) mass is 445 g/mol. The van der Waals surface area contributed by atoms with Gasteiger partial charge in [0.05, 0.1) is 0 Å². The molecule has 0 amide bonds. The van der Waals surface area contributed by atoms with Gasteiger partial charge in [0.25, 0.3) is 0 Å². The van der Waals surface area contributed by atoms with Crippen LogP contribution in [0.25, 0.3) is 21.4 Å². The van der Waals surface area contributed by atoms with E-state index in [0.717, 1.165) is 17.7 Å². The van der Waals surface area contributed by atoms with Crippen LogP contribution in [0.1, 0.15) is 0 Å². The van der Waals surface area contributed by atoms with Crippen molar-refractivity contribution in [1.29, 1.82) is 0 Å². The number of halogens is 6. The molecule has 3 aromatic rings. The molecule has 0 fully saturated rings. The fourth-order valence-corrected chi connectivity index (χ4v) is 4.54. The van der Waals surface area contributed by atoms with Gasteiger partial charge >= 0.3 is 146 Å². The van der Waals surface area contributed by atoms with Gasteiger partial charge in [-0.15, -0.1) is 0 Å². The number of benzene rings is 2. The van der Waals surface area contributed by atoms with Crippen LogP contribution in [0.15, 0.2) is 58.4 Å². The Hall–Kier alpha value is -1.34. The van der Waals surface area contributed by atoms with E-state index < -0.39 is 15.1 Å². The van der Waals surface area contributed by atoms with Gasteiger partial charge in [0, 0.05) is 0 Å². The van der Waals surface area contributed by atoms with Crippen molar-refractivity contribution in [3.63, 3.8) is 0 Å². The van der Waals surface area contributed by atoms with E-state index in [9.17, 15) is 19.4 Å². The molecule has 9 heteroatoms. The summed E-state index contributed by atoms with van der Waals surface area (Å²) in [7, 11) is -9.63. The van der Waals surface area contributed by atoms with Crippen LogP contribution in [0.2, 0.25) is 5.02 Å². The summed E-state index contributed by atoms with van der Waals surface area (Å²) in [5, 5.41) is 0.582. The Morgan fingerprint density at radius 3 is 1.88 bits per heavy atom. The molecule has 0 unspecified atom stereocenters. The van der Waals surface area contributed by atoms with E-state index in [1.807, 2.05) is 4.94 Å². The second-order valence-electron chi connectivity index (χ2n) is 5.04. The molecule has 128 valence electrons. The van der Waals surface area contributed by atoms with Crippen molar-refractivity contribution >= 4 is 36.3 Å². The van der Waals surface area contributed by atoms with E-state index >= 15 is 0 Å². The van der Waals surface area contributed by atoms with Crippen molar-refractivity contribution < 1.29 is 19.4 Å². The molecule has 0 aliphatic heterocycles. The Morgan fingerprint density at radius 1 is 0.792 bits per heavy atom. The summed E-state index contributed by atoms with van der Waals surface area (Å²) in [5.41, 5.74) is 1.93. The molecule has 1 heterocycles. The van der Waals surface area contributed by atoms with Crippen LogP contribution in [0.4, 0.5) is 19.4 Å². The van der Waals surface area contributed by atoms with Crippen molar-refractivity contribution in [2.75, 3.05) is 0 Å². The van der Waals surface area contributed by atoms with E-state index in [2.05, 4.69) is 4.98 Å². The summed E-state index contributed by atoms with van der Waals surface area (Å²) in [6, 6.07) is 9.88. The predicted octanol–water partition coefficient (Wildman–Crippen LogP) is 6.78. The van der Waals surface area contributed by atoms with Gasteiger partial charge in [-0.1, -0.05) is 0 Å². The van der Waals surface area contributed by atoms with E-state index in [0.29, 0.717) is 33.0 Å². The Bertz CT molecular complexity index is 889. The minimum absolute atomic E-state index is 0.189. The van der Waals surface area contributed by atoms with Crippen LogP contribution in [0.5, 0.6) is 0 Å². The molecule has 0 atom stereocenters. The van der Waals surface area contributed by atoms with Crippen molar-refractivity contribution in [1.82, 2.24) is 4.98 Å². The third kappa shape index (κ3) is 3.83. The topological polar surface area (TPSA) is 12.9 Å². The molecule has 2 aromatic carbocycles. The molecule has 0 radical (unpaired) electrons. The second kappa shape index (κ2) is 5.08. The normalized spacial score (nSPS) is 14.9. The molecule has 1 aromatic heterocycles. The summed E-state index contributed by atoms with van der Waals surface area (Å²) in [4.78, 5) is 4.37. The Kier molecular flexibility index (Phi) is 3.70. The molecule has 0 aliphatic rings. The van der Waals surface area contributed by atoms with Crippen molar-refractivity contribution in [2.45, 2.75) is 4.90 Å². The quantitative estimate of drug-likeness (QED) is 0.320. The molecular formula is C15H9ClF5NSSe. The average molecular weight is 445 g/mol. The average Bonchev–Trinajstić information content (AvgIpc) is 2.96. The number of hydrogen-bond acceptors (Lipinski definition) is 1. The minimum atomic E-state index is -9.63. The molecule has 0 spiro atoms. The summed E-state index contributed by atoms with van der Waals surface area (Å²) in [6.07, 6.45) is 0. The zero-order chi connectivity index (χ0) is 17.7. The van der Waals surface area contributed by atoms with E-state index in [1.54, 1.807) is 24.3 Å². The van der Waals surface area contributed by atoms with Crippen LogP contribution in [0, 0.1) is 0 Å². The van der Waals surface area contributed by atoms with Crippen LogP contribution in [-0.4, -0.2) is 19.5 Å². The second-order valence-corrected chi connectivity index (χ2v) is 9.68. The molecular weight excluding hydrogens is 436 g/mol. The molecule has 24 heavy (non-hydrogen) atoms. The van der Waals surface area contributed by atoms with Gasteiger partial charge < -0.3 is 0 Å². The maximum absolute atomic E-state index is 12.7. The van der Waals surface area contributed by atoms with Crippen LogP contribution < -0.4 is 0 Å². The summed E-state index contributed by atoms with van der Waals surface area (Å²) >= 11 is 5.63. The standard InChI is InChI=1S/C15H9ClF5NSSe/c16-12-5-1-10(2-6-12)14-9-24-15(22-14)11-3-7-13(8-4-11)23(17,18,19,20)21/h1-9H. The summed E-state index contributed by atoms with van der Waals surface area (Å²) in [6.45, 7) is 0. The van der Waals surface area contributed by atoms with Gasteiger partial charge in [0.1, 0.15) is 0 Å². The maximum atomic E-state index is 12.7. The zero-order valence-electron chi connectivity index (χ0n) is 11.7. The van der Waals surface area contributed by atoms with Crippen molar-refractivity contribution in [2.24, 2.45) is 0 Å². The Balaban J connectivity index is 1.93. The number of nitrogens with zero attached hydrogens (tertiary/aromatic N) is 1. The fourth-order valence-electron chi connectivity index (χ4n) is 2.01. The predicted molar refractivity (Wildman–Crippen MR) is 88.5 cm³/mol. The fraction of sp³-hybridized carbons (Fsp3) is 0. The van der Waals surface area contributed by atoms with Crippen molar-refractivity contribution in [3.05, 3.63) is 58.5 Å². The molecule has 0 aliphatic carbocycles. The van der Waals surface area contributed by atoms with Gasteiger partial charge in [-0.3, -0.25) is 0 Å². The van der Waals surface area contributed by atoms with Crippen molar-refractivity contribution in [3.8, 4) is 21.4 Å². The van der Waals surface area contributed by atoms with E-state index in [4.69, 9.17) is 11.6 Å². The van der Waals surface area contributed by atoms with Gasteiger partial charge in [0.2, 0.25) is 0 Å². The van der Waals surface area contributed by atoms with Crippen LogP contribution in [-0.2, 0) is 0 Å². The van der Waals surface area contributed by atoms with Gasteiger partial charge in [0.15, 0.2) is 0 Å². The SMILES string of the molecule is FS(F)(F)(F)(F)c1ccc(-c2nc(-c3ccc(Cl)cc3)c[se]2)cc1. The van der Waals surface area contributed by atoms with E-state index in [1.165, 1.54) is 0 Å². The number of hydrogen-bond donors (Lipinski definition) is 0. The summed E-state index contributed by atoms with van der Waals surface area (Å²) < 4.78 is 64.2. The van der Waals surface area contributed by atoms with Crippen LogP contribution in [0.3, 0.4) is 0 Å². The van der Waals surface area contributed by atoms with Gasteiger partial charge in [-0.2, -0.15) is 0 Å². The molecule has 0 N–H and O–H groups in total. The molecule has 0 saturated carbocycles. The first-order valence-electron chi connectivity index (χ1n) is 6.48. The third-order valence-corrected chi connectivity index (χ3v) is 6.48. The molecule has 1 nitrogen and oxygen atoms in total. The molecule has 0 bridgehead atoms. The number of rotatable bonds is 3. The van der Waals surface area contributed by atoms with Gasteiger partial charge in [-0.25, -0.2) is 0 Å². The number of aromatic nitrogens is 1. The Labute approximate surface area is 145 Å².